The molecule has 1 rings (SSSR count). The third kappa shape index (κ3) is 5.01. The lowest BCUT2D eigenvalue weighted by Gasteiger charge is -2.25. The Bertz CT molecular complexity index is 439. The predicted octanol–water partition coefficient (Wildman–Crippen LogP) is 3.52. The molecule has 0 bridgehead atoms. The summed E-state index contributed by atoms with van der Waals surface area (Å²) in [6.45, 7) is 5.88. The maximum Gasteiger partial charge on any atom is 0.254 e. The zero-order chi connectivity index (χ0) is 14.6. The summed E-state index contributed by atoms with van der Waals surface area (Å²) in [7, 11) is 0. The van der Waals surface area contributed by atoms with E-state index in [1.54, 1.807) is 25.1 Å². The second-order valence-electron chi connectivity index (χ2n) is 5.37. The number of carbonyl (C=O) groups is 1. The number of amides is 1. The highest BCUT2D eigenvalue weighted by molar-refractivity contribution is 6.39. The van der Waals surface area contributed by atoms with Gasteiger partial charge >= 0.3 is 0 Å². The quantitative estimate of drug-likeness (QED) is 0.874. The van der Waals surface area contributed by atoms with Crippen molar-refractivity contribution in [2.75, 3.05) is 6.54 Å². The molecule has 0 aliphatic carbocycles. The smallest absolute Gasteiger partial charge is 0.254 e. The zero-order valence-electron chi connectivity index (χ0n) is 11.3. The van der Waals surface area contributed by atoms with Gasteiger partial charge in [-0.15, -0.1) is 0 Å². The minimum Gasteiger partial charge on any atom is -0.388 e. The summed E-state index contributed by atoms with van der Waals surface area (Å²) in [6, 6.07) is 4.89. The molecule has 0 aliphatic heterocycles. The number of hydrogen-bond acceptors (Lipinski definition) is 2. The van der Waals surface area contributed by atoms with Gasteiger partial charge in [0.2, 0.25) is 0 Å². The summed E-state index contributed by atoms with van der Waals surface area (Å²) in [5.41, 5.74) is -0.705. The van der Waals surface area contributed by atoms with Crippen LogP contribution in [0.25, 0.3) is 0 Å². The van der Waals surface area contributed by atoms with Crippen molar-refractivity contribution >= 4 is 29.1 Å². The first-order valence-electron chi connectivity index (χ1n) is 6.17. The molecule has 0 aromatic heterocycles. The number of nitrogens with one attached hydrogen (secondary N) is 1. The first-order valence-corrected chi connectivity index (χ1v) is 6.93. The molecule has 0 fully saturated rings. The van der Waals surface area contributed by atoms with Gasteiger partial charge in [0.1, 0.15) is 0 Å². The standard InChI is InChI=1S/C14H19Cl2NO2/c1-9(2)7-14(3,19)8-17-13(18)12-10(15)5-4-6-11(12)16/h4-6,9,19H,7-8H2,1-3H3,(H,17,18). The van der Waals surface area contributed by atoms with Crippen molar-refractivity contribution in [3.63, 3.8) is 0 Å². The van der Waals surface area contributed by atoms with Crippen LogP contribution in [-0.4, -0.2) is 23.2 Å². The van der Waals surface area contributed by atoms with E-state index in [2.05, 4.69) is 5.32 Å². The Balaban J connectivity index is 2.71. The first kappa shape index (κ1) is 16.3. The molecule has 0 saturated heterocycles. The second kappa shape index (κ2) is 6.60. The van der Waals surface area contributed by atoms with Gasteiger partial charge in [0.25, 0.3) is 5.91 Å². The van der Waals surface area contributed by atoms with Crippen LogP contribution < -0.4 is 5.32 Å². The van der Waals surface area contributed by atoms with E-state index in [1.165, 1.54) is 0 Å². The molecule has 106 valence electrons. The molecule has 2 N–H and O–H groups in total. The van der Waals surface area contributed by atoms with E-state index >= 15 is 0 Å². The molecular formula is C14H19Cl2NO2. The Hall–Kier alpha value is -0.770. The highest BCUT2D eigenvalue weighted by atomic mass is 35.5. The molecule has 5 heteroatoms. The zero-order valence-corrected chi connectivity index (χ0v) is 12.8. The molecule has 1 aromatic carbocycles. The monoisotopic (exact) mass is 303 g/mol. The maximum absolute atomic E-state index is 12.0. The average molecular weight is 304 g/mol. The molecule has 1 unspecified atom stereocenters. The molecular weight excluding hydrogens is 285 g/mol. The lowest BCUT2D eigenvalue weighted by atomic mass is 9.94. The predicted molar refractivity (Wildman–Crippen MR) is 78.9 cm³/mol. The summed E-state index contributed by atoms with van der Waals surface area (Å²) < 4.78 is 0. The molecule has 19 heavy (non-hydrogen) atoms. The number of aliphatic hydroxyl groups is 1. The van der Waals surface area contributed by atoms with Crippen LogP contribution in [0, 0.1) is 5.92 Å². The van der Waals surface area contributed by atoms with Crippen molar-refractivity contribution in [1.29, 1.82) is 0 Å². The van der Waals surface area contributed by atoms with Gasteiger partial charge in [-0.2, -0.15) is 0 Å². The van der Waals surface area contributed by atoms with E-state index < -0.39 is 5.60 Å². The summed E-state index contributed by atoms with van der Waals surface area (Å²) in [4.78, 5) is 12.0. The Morgan fingerprint density at radius 1 is 1.37 bits per heavy atom. The molecule has 0 radical (unpaired) electrons. The van der Waals surface area contributed by atoms with Gasteiger partial charge < -0.3 is 10.4 Å². The van der Waals surface area contributed by atoms with Gasteiger partial charge in [0.15, 0.2) is 0 Å². The topological polar surface area (TPSA) is 49.3 Å². The van der Waals surface area contributed by atoms with Crippen molar-refractivity contribution < 1.29 is 9.90 Å². The number of hydrogen-bond donors (Lipinski definition) is 2. The first-order chi connectivity index (χ1) is 8.73. The lowest BCUT2D eigenvalue weighted by molar-refractivity contribution is 0.0368. The van der Waals surface area contributed by atoms with Crippen LogP contribution in [0.1, 0.15) is 37.6 Å². The van der Waals surface area contributed by atoms with Gasteiger partial charge in [0.05, 0.1) is 21.2 Å². The van der Waals surface area contributed by atoms with Crippen LogP contribution in [0.2, 0.25) is 10.0 Å². The molecule has 0 heterocycles. The van der Waals surface area contributed by atoms with Crippen molar-refractivity contribution in [2.45, 2.75) is 32.8 Å². The van der Waals surface area contributed by atoms with E-state index in [1.807, 2.05) is 13.8 Å². The molecule has 3 nitrogen and oxygen atoms in total. The molecule has 0 aliphatic rings. The minimum atomic E-state index is -0.947. The highest BCUT2D eigenvalue weighted by Crippen LogP contribution is 2.24. The van der Waals surface area contributed by atoms with Gasteiger partial charge in [-0.1, -0.05) is 43.1 Å². The van der Waals surface area contributed by atoms with Gasteiger partial charge in [-0.25, -0.2) is 0 Å². The van der Waals surface area contributed by atoms with Crippen LogP contribution in [-0.2, 0) is 0 Å². The maximum atomic E-state index is 12.0. The fourth-order valence-corrected chi connectivity index (χ4v) is 2.59. The third-order valence-corrected chi connectivity index (χ3v) is 3.30. The lowest BCUT2D eigenvalue weighted by Crippen LogP contribution is -2.41. The van der Waals surface area contributed by atoms with Crippen LogP contribution >= 0.6 is 23.2 Å². The summed E-state index contributed by atoms with van der Waals surface area (Å²) >= 11 is 11.9. The van der Waals surface area contributed by atoms with Gasteiger partial charge in [-0.05, 0) is 31.4 Å². The molecule has 0 saturated carbocycles. The average Bonchev–Trinajstić information content (AvgIpc) is 2.24. The minimum absolute atomic E-state index is 0.158. The van der Waals surface area contributed by atoms with Crippen molar-refractivity contribution in [2.24, 2.45) is 5.92 Å². The van der Waals surface area contributed by atoms with E-state index in [0.717, 1.165) is 0 Å². The Kier molecular flexibility index (Phi) is 5.65. The SMILES string of the molecule is CC(C)CC(C)(O)CNC(=O)c1c(Cl)cccc1Cl. The van der Waals surface area contributed by atoms with Crippen LogP contribution in [0.5, 0.6) is 0 Å². The van der Waals surface area contributed by atoms with Gasteiger partial charge in [0, 0.05) is 6.54 Å². The summed E-state index contributed by atoms with van der Waals surface area (Å²) in [5, 5.41) is 13.4. The molecule has 1 atom stereocenters. The van der Waals surface area contributed by atoms with Gasteiger partial charge in [-0.3, -0.25) is 4.79 Å². The Morgan fingerprint density at radius 2 is 1.89 bits per heavy atom. The Morgan fingerprint density at radius 3 is 2.37 bits per heavy atom. The number of halogens is 2. The number of benzene rings is 1. The Labute approximate surface area is 123 Å². The van der Waals surface area contributed by atoms with E-state index in [4.69, 9.17) is 23.2 Å². The van der Waals surface area contributed by atoms with Crippen molar-refractivity contribution in [3.05, 3.63) is 33.8 Å². The fourth-order valence-electron chi connectivity index (χ4n) is 2.03. The fraction of sp³-hybridized carbons (Fsp3) is 0.500. The highest BCUT2D eigenvalue weighted by Gasteiger charge is 2.24. The van der Waals surface area contributed by atoms with Crippen LogP contribution in [0.15, 0.2) is 18.2 Å². The molecule has 1 aromatic rings. The van der Waals surface area contributed by atoms with E-state index in [0.29, 0.717) is 22.4 Å². The second-order valence-corrected chi connectivity index (χ2v) is 6.19. The van der Waals surface area contributed by atoms with Crippen LogP contribution in [0.4, 0.5) is 0 Å². The summed E-state index contributed by atoms with van der Waals surface area (Å²) in [6.07, 6.45) is 0.601. The van der Waals surface area contributed by atoms with E-state index in [9.17, 15) is 9.90 Å². The number of rotatable bonds is 5. The molecule has 0 spiro atoms. The van der Waals surface area contributed by atoms with Crippen LogP contribution in [0.3, 0.4) is 0 Å². The third-order valence-electron chi connectivity index (χ3n) is 2.67. The molecule has 1 amide bonds. The van der Waals surface area contributed by atoms with Crippen molar-refractivity contribution in [3.8, 4) is 0 Å². The normalized spacial score (nSPS) is 14.3. The van der Waals surface area contributed by atoms with Crippen molar-refractivity contribution in [1.82, 2.24) is 5.32 Å². The summed E-state index contributed by atoms with van der Waals surface area (Å²) in [5.74, 6) is -0.0320. The largest absolute Gasteiger partial charge is 0.388 e. The number of carbonyl (C=O) groups excluding carboxylic acids is 1. The van der Waals surface area contributed by atoms with E-state index in [-0.39, 0.29) is 18.0 Å².